The van der Waals surface area contributed by atoms with E-state index in [1.165, 1.54) is 6.07 Å². The second kappa shape index (κ2) is 7.93. The fourth-order valence-electron chi connectivity index (χ4n) is 1.62. The minimum Gasteiger partial charge on any atom is -0.506 e. The van der Waals surface area contributed by atoms with Crippen LogP contribution in [0.4, 0.5) is 5.69 Å². The highest BCUT2D eigenvalue weighted by molar-refractivity contribution is 7.92. The summed E-state index contributed by atoms with van der Waals surface area (Å²) in [4.78, 5) is 0. The van der Waals surface area contributed by atoms with Gasteiger partial charge in [-0.2, -0.15) is 0 Å². The molecule has 0 aliphatic carbocycles. The normalized spacial score (nSPS) is 12.8. The molecule has 3 N–H and O–H groups in total. The number of anilines is 1. The number of alkyl halides is 1. The van der Waals surface area contributed by atoms with E-state index in [4.69, 9.17) is 11.6 Å². The molecule has 8 heteroatoms. The highest BCUT2D eigenvalue weighted by atomic mass is 35.5. The first-order chi connectivity index (χ1) is 8.67. The molecular formula is C12H20Cl2N2O3S. The van der Waals surface area contributed by atoms with Crippen LogP contribution in [0.2, 0.25) is 0 Å². The molecule has 5 nitrogen and oxygen atoms in total. The second-order valence-corrected chi connectivity index (χ2v) is 6.99. The first kappa shape index (κ1) is 19.3. The van der Waals surface area contributed by atoms with Crippen LogP contribution in [0.15, 0.2) is 18.2 Å². The Kier molecular flexibility index (Phi) is 7.65. The molecule has 0 spiro atoms. The quantitative estimate of drug-likeness (QED) is 0.421. The third-order valence-electron chi connectivity index (χ3n) is 2.29. The molecule has 0 bridgehead atoms. The summed E-state index contributed by atoms with van der Waals surface area (Å²) < 4.78 is 24.6. The number of hydrogen-bond donors (Lipinski definition) is 3. The van der Waals surface area contributed by atoms with Gasteiger partial charge in [0.05, 0.1) is 17.4 Å². The molecule has 20 heavy (non-hydrogen) atoms. The van der Waals surface area contributed by atoms with Crippen LogP contribution < -0.4 is 10.0 Å². The molecule has 0 aromatic heterocycles. The van der Waals surface area contributed by atoms with E-state index in [-0.39, 0.29) is 35.4 Å². The van der Waals surface area contributed by atoms with Gasteiger partial charge < -0.3 is 5.11 Å². The average Bonchev–Trinajstić information content (AvgIpc) is 2.19. The Morgan fingerprint density at radius 1 is 1.35 bits per heavy atom. The summed E-state index contributed by atoms with van der Waals surface area (Å²) in [5, 5.41) is 12.7. The largest absolute Gasteiger partial charge is 0.506 e. The van der Waals surface area contributed by atoms with Crippen LogP contribution in [0.25, 0.3) is 0 Å². The second-order valence-electron chi connectivity index (χ2n) is 4.72. The van der Waals surface area contributed by atoms with Crippen molar-refractivity contribution in [2.24, 2.45) is 0 Å². The van der Waals surface area contributed by atoms with Crippen LogP contribution in [-0.4, -0.2) is 31.3 Å². The first-order valence-electron chi connectivity index (χ1n) is 5.87. The molecule has 0 radical (unpaired) electrons. The molecule has 0 saturated carbocycles. The minimum atomic E-state index is -3.42. The highest BCUT2D eigenvalue weighted by Crippen LogP contribution is 2.25. The number of phenols is 1. The van der Waals surface area contributed by atoms with Crippen LogP contribution in [0.5, 0.6) is 5.75 Å². The Bertz CT molecular complexity index is 536. The van der Waals surface area contributed by atoms with Crippen molar-refractivity contribution in [3.63, 3.8) is 0 Å². The van der Waals surface area contributed by atoms with Crippen LogP contribution in [0.3, 0.4) is 0 Å². The first-order valence-corrected chi connectivity index (χ1v) is 8.20. The number of sulfonamides is 1. The van der Waals surface area contributed by atoms with Crippen molar-refractivity contribution in [3.8, 4) is 5.75 Å². The molecule has 0 aliphatic rings. The molecule has 1 rings (SSSR count). The van der Waals surface area contributed by atoms with Gasteiger partial charge in [0.2, 0.25) is 10.0 Å². The van der Waals surface area contributed by atoms with E-state index in [1.54, 1.807) is 12.1 Å². The lowest BCUT2D eigenvalue weighted by Gasteiger charge is -2.15. The topological polar surface area (TPSA) is 78.4 Å². The highest BCUT2D eigenvalue weighted by Gasteiger charge is 2.11. The van der Waals surface area contributed by atoms with Crippen molar-refractivity contribution in [2.45, 2.75) is 31.8 Å². The molecule has 1 unspecified atom stereocenters. The van der Waals surface area contributed by atoms with Crippen molar-refractivity contribution in [2.75, 3.05) is 11.0 Å². The number of aromatic hydroxyl groups is 1. The number of phenolic OH excluding ortho intramolecular Hbond substituents is 1. The summed E-state index contributed by atoms with van der Waals surface area (Å²) in [7, 11) is -3.42. The predicted molar refractivity (Wildman–Crippen MR) is 85.4 cm³/mol. The van der Waals surface area contributed by atoms with Gasteiger partial charge in [0.15, 0.2) is 0 Å². The zero-order valence-corrected chi connectivity index (χ0v) is 13.9. The van der Waals surface area contributed by atoms with E-state index < -0.39 is 10.0 Å². The summed E-state index contributed by atoms with van der Waals surface area (Å²) in [5.41, 5.74) is 0.737. The van der Waals surface area contributed by atoms with E-state index in [0.29, 0.717) is 6.42 Å². The van der Waals surface area contributed by atoms with Crippen LogP contribution >= 0.6 is 24.0 Å². The lowest BCUT2D eigenvalue weighted by molar-refractivity contribution is 0.477. The summed E-state index contributed by atoms with van der Waals surface area (Å²) in [6, 6.07) is 4.99. The maximum Gasteiger partial charge on any atom is 0.229 e. The fraction of sp³-hybridized carbons (Fsp3) is 0.500. The zero-order chi connectivity index (χ0) is 14.6. The van der Waals surface area contributed by atoms with Crippen LogP contribution in [-0.2, 0) is 16.4 Å². The SMILES string of the molecule is CC(C)NC(Cl)Cc1ccc(O)c(NS(C)(=O)=O)c1.Cl. The van der Waals surface area contributed by atoms with E-state index in [2.05, 4.69) is 10.0 Å². The van der Waals surface area contributed by atoms with Crippen LogP contribution in [0, 0.1) is 0 Å². The van der Waals surface area contributed by atoms with Gasteiger partial charge in [0.25, 0.3) is 0 Å². The number of hydrogen-bond acceptors (Lipinski definition) is 4. The van der Waals surface area contributed by atoms with Gasteiger partial charge >= 0.3 is 0 Å². The van der Waals surface area contributed by atoms with Gasteiger partial charge in [-0.15, -0.1) is 24.0 Å². The Morgan fingerprint density at radius 3 is 2.45 bits per heavy atom. The Hall–Kier alpha value is -0.690. The maximum absolute atomic E-state index is 11.2. The van der Waals surface area contributed by atoms with Gasteiger partial charge in [-0.3, -0.25) is 10.0 Å². The zero-order valence-electron chi connectivity index (χ0n) is 11.6. The molecular weight excluding hydrogens is 323 g/mol. The van der Waals surface area contributed by atoms with Crippen molar-refractivity contribution >= 4 is 39.7 Å². The number of benzene rings is 1. The molecule has 0 amide bonds. The van der Waals surface area contributed by atoms with Crippen molar-refractivity contribution in [3.05, 3.63) is 23.8 Å². The standard InChI is InChI=1S/C12H19ClN2O3S.ClH/c1-8(2)14-12(13)7-9-4-5-11(16)10(6-9)15-19(3,17)18;/h4-6,8,12,14-16H,7H2,1-3H3;1H. The summed E-state index contributed by atoms with van der Waals surface area (Å²) in [5.74, 6) is -0.114. The van der Waals surface area contributed by atoms with Crippen LogP contribution in [0.1, 0.15) is 19.4 Å². The summed E-state index contributed by atoms with van der Waals surface area (Å²) in [6.45, 7) is 3.98. The average molecular weight is 343 g/mol. The Morgan fingerprint density at radius 2 is 1.95 bits per heavy atom. The van der Waals surface area contributed by atoms with Gasteiger partial charge in [-0.1, -0.05) is 6.07 Å². The molecule has 0 fully saturated rings. The van der Waals surface area contributed by atoms with Gasteiger partial charge in [-0.25, -0.2) is 8.42 Å². The van der Waals surface area contributed by atoms with E-state index in [9.17, 15) is 13.5 Å². The maximum atomic E-state index is 11.2. The van der Waals surface area contributed by atoms with Crippen molar-refractivity contribution < 1.29 is 13.5 Å². The predicted octanol–water partition coefficient (Wildman–Crippen LogP) is 2.29. The molecule has 1 aromatic rings. The van der Waals surface area contributed by atoms with Crippen molar-refractivity contribution in [1.82, 2.24) is 5.32 Å². The monoisotopic (exact) mass is 342 g/mol. The van der Waals surface area contributed by atoms with E-state index in [0.717, 1.165) is 11.8 Å². The minimum absolute atomic E-state index is 0. The number of halogens is 2. The third kappa shape index (κ3) is 7.19. The van der Waals surface area contributed by atoms with E-state index >= 15 is 0 Å². The Labute approximate surface area is 131 Å². The molecule has 116 valence electrons. The molecule has 0 heterocycles. The number of nitrogens with one attached hydrogen (secondary N) is 2. The van der Waals surface area contributed by atoms with Crippen molar-refractivity contribution in [1.29, 1.82) is 0 Å². The van der Waals surface area contributed by atoms with Gasteiger partial charge in [-0.05, 0) is 31.5 Å². The lowest BCUT2D eigenvalue weighted by atomic mass is 10.1. The van der Waals surface area contributed by atoms with Gasteiger partial charge in [0.1, 0.15) is 5.75 Å². The van der Waals surface area contributed by atoms with Gasteiger partial charge in [0, 0.05) is 12.5 Å². The molecule has 1 atom stereocenters. The Balaban J connectivity index is 0.00000361. The van der Waals surface area contributed by atoms with E-state index in [1.807, 2.05) is 13.8 Å². The molecule has 1 aromatic carbocycles. The smallest absolute Gasteiger partial charge is 0.229 e. The molecule has 0 aliphatic heterocycles. The molecule has 0 saturated heterocycles. The fourth-order valence-corrected chi connectivity index (χ4v) is 2.61. The third-order valence-corrected chi connectivity index (χ3v) is 3.16. The summed E-state index contributed by atoms with van der Waals surface area (Å²) >= 11 is 6.12. The lowest BCUT2D eigenvalue weighted by Crippen LogP contribution is -2.32. The summed E-state index contributed by atoms with van der Waals surface area (Å²) in [6.07, 6.45) is 1.56. The number of rotatable bonds is 6.